The molecule has 12 amide bonds. The Morgan fingerprint density at radius 2 is 1.25 bits per heavy atom. The number of carbonyl (C=O) groups is 12. The van der Waals surface area contributed by atoms with Crippen LogP contribution in [0.3, 0.4) is 0 Å². The van der Waals surface area contributed by atoms with Crippen LogP contribution in [0.1, 0.15) is 201 Å². The van der Waals surface area contributed by atoms with Crippen molar-refractivity contribution in [1.29, 1.82) is 0 Å². The minimum absolute atomic E-state index is 0.00171. The molecule has 632 valence electrons. The summed E-state index contributed by atoms with van der Waals surface area (Å²) in [7, 11) is 9.71. The van der Waals surface area contributed by atoms with Gasteiger partial charge in [0.15, 0.2) is 0 Å². The van der Waals surface area contributed by atoms with Gasteiger partial charge in [-0.1, -0.05) is 77.9 Å². The van der Waals surface area contributed by atoms with Crippen LogP contribution in [-0.2, 0) is 62.3 Å². The average molecular weight is 1600 g/mol. The van der Waals surface area contributed by atoms with Crippen molar-refractivity contribution in [2.75, 3.05) is 88.7 Å². The van der Waals surface area contributed by atoms with Crippen LogP contribution in [0.2, 0.25) is 0 Å². The minimum atomic E-state index is -5.22. The van der Waals surface area contributed by atoms with E-state index >= 15 is 42.3 Å². The van der Waals surface area contributed by atoms with Gasteiger partial charge in [-0.3, -0.25) is 57.5 Å². The molecule has 3 aliphatic heterocycles. The fourth-order valence-corrected chi connectivity index (χ4v) is 18.5. The highest BCUT2D eigenvalue weighted by Gasteiger charge is 2.57. The number of hydrogen-bond acceptors (Lipinski definition) is 13. The minimum Gasteiger partial charge on any atom is -0.377 e. The second-order valence-corrected chi connectivity index (χ2v) is 33.5. The molecule has 0 aromatic heterocycles. The predicted molar refractivity (Wildman–Crippen MR) is 397 cm³/mol. The molecule has 7 fully saturated rings. The van der Waals surface area contributed by atoms with Crippen LogP contribution >= 0.6 is 0 Å². The second-order valence-electron chi connectivity index (χ2n) is 33.5. The molecule has 8 aliphatic rings. The fourth-order valence-electron chi connectivity index (χ4n) is 18.5. The quantitative estimate of drug-likeness (QED) is 0.105. The van der Waals surface area contributed by atoms with Gasteiger partial charge in [0.05, 0.1) is 31.5 Å². The summed E-state index contributed by atoms with van der Waals surface area (Å²) in [6.45, 7) is 4.94. The summed E-state index contributed by atoms with van der Waals surface area (Å²) in [5, 5.41) is 8.48. The number of likely N-dealkylation sites (N-methyl/N-ethyl adjacent to an activating group) is 6. The zero-order valence-corrected chi connectivity index (χ0v) is 67.2. The first-order valence-corrected chi connectivity index (χ1v) is 40.8. The highest BCUT2D eigenvalue weighted by Crippen LogP contribution is 2.46. The fraction of sp³-hybridized carbons (Fsp3) is 0.823. The molecule has 5 aliphatic carbocycles. The number of hydrogen-bond donors (Lipinski definition) is 3. The highest BCUT2D eigenvalue weighted by atomic mass is 19.4. The average Bonchev–Trinajstić information content (AvgIpc) is 1.16. The van der Waals surface area contributed by atoms with Gasteiger partial charge < -0.3 is 64.8 Å². The van der Waals surface area contributed by atoms with E-state index in [1.807, 2.05) is 0 Å². The van der Waals surface area contributed by atoms with Gasteiger partial charge >= 0.3 is 12.4 Å². The Bertz CT molecular complexity index is 3330. The summed E-state index contributed by atoms with van der Waals surface area (Å²) in [6, 6.07) is -11.3. The Hall–Kier alpha value is -7.22. The number of nitrogens with one attached hydrogen (secondary N) is 3. The monoisotopic (exact) mass is 1600 g/mol. The lowest BCUT2D eigenvalue weighted by atomic mass is 9.74. The van der Waals surface area contributed by atoms with E-state index in [-0.39, 0.29) is 109 Å². The van der Waals surface area contributed by atoms with E-state index in [1.165, 1.54) is 73.8 Å². The number of fused-ring (bicyclic) bond motifs is 3. The van der Waals surface area contributed by atoms with Crippen LogP contribution in [-0.4, -0.2) is 288 Å². The summed E-state index contributed by atoms with van der Waals surface area (Å²) in [6.07, 6.45) is -9.05. The zero-order valence-electron chi connectivity index (χ0n) is 67.2. The lowest BCUT2D eigenvalue weighted by molar-refractivity contribution is -0.219. The third kappa shape index (κ3) is 21.8. The van der Waals surface area contributed by atoms with Gasteiger partial charge in [-0.15, -0.1) is 0 Å². The number of nitrogens with zero attached hydrogens (tertiary/aromatic N) is 9. The van der Waals surface area contributed by atoms with E-state index in [2.05, 4.69) is 16.0 Å². The van der Waals surface area contributed by atoms with Crippen molar-refractivity contribution in [2.45, 2.75) is 286 Å². The van der Waals surface area contributed by atoms with Crippen molar-refractivity contribution in [3.05, 3.63) is 12.2 Å². The third-order valence-electron chi connectivity index (χ3n) is 25.7. The Labute approximate surface area is 653 Å². The molecule has 25 nitrogen and oxygen atoms in total. The van der Waals surface area contributed by atoms with Crippen LogP contribution in [0, 0.1) is 41.4 Å². The molecule has 33 heteroatoms. The van der Waals surface area contributed by atoms with Crippen molar-refractivity contribution in [3.8, 4) is 0 Å². The van der Waals surface area contributed by atoms with E-state index in [0.717, 1.165) is 45.3 Å². The summed E-state index contributed by atoms with van der Waals surface area (Å²) >= 11 is 0. The molecule has 2 bridgehead atoms. The van der Waals surface area contributed by atoms with Crippen molar-refractivity contribution < 1.29 is 97.4 Å². The van der Waals surface area contributed by atoms with E-state index in [9.17, 15) is 50.3 Å². The SMILES string of the molecule is CCO[C@@H]1C[C@H]2C(=O)NC3(CCC3)C(=O)N(C)[C@@H](C3CCCC3)C(=O)N(CCC3CCCC3)[C@H](C(=O)N(C)C)CC(=O)N(C)[C@@H](CC)C(=O)N[C@@H]([C@@H](C)CC)C(=O)N(C)CC(=O)N(C)[C@H]3C/C=C\CCN(C3=O)[C@@H](CC3CCC(C(F)(F)F)CC3)C(=O)N(C)CC(=O)N[C@@H](CCC3CC(F)C(C(F)(F)F)C(F)C3)C(=O)N2C1. The maximum atomic E-state index is 16.2. The molecule has 0 aromatic rings. The number of amides is 12. The van der Waals surface area contributed by atoms with Crippen molar-refractivity contribution >= 4 is 70.9 Å². The number of ether oxygens (including phenoxy) is 1. The highest BCUT2D eigenvalue weighted by molar-refractivity contribution is 6.01. The molecular weight excluding hydrogens is 1480 g/mol. The van der Waals surface area contributed by atoms with Crippen molar-refractivity contribution in [1.82, 2.24) is 60.0 Å². The molecule has 2 saturated heterocycles. The number of halogens is 8. The molecule has 5 saturated carbocycles. The van der Waals surface area contributed by atoms with Gasteiger partial charge in [-0.05, 0) is 152 Å². The number of carbonyl (C=O) groups excluding carboxylic acids is 12. The molecule has 12 atom stereocenters. The number of alkyl halides is 8. The second kappa shape index (κ2) is 39.4. The van der Waals surface area contributed by atoms with Gasteiger partial charge in [-0.25, -0.2) is 8.78 Å². The zero-order chi connectivity index (χ0) is 82.6. The predicted octanol–water partition coefficient (Wildman–Crippen LogP) is 7.67. The van der Waals surface area contributed by atoms with Crippen LogP contribution in [0.4, 0.5) is 35.1 Å². The van der Waals surface area contributed by atoms with Crippen LogP contribution in [0.25, 0.3) is 0 Å². The third-order valence-corrected chi connectivity index (χ3v) is 25.7. The normalized spacial score (nSPS) is 32.1. The van der Waals surface area contributed by atoms with E-state index in [0.29, 0.717) is 44.9 Å². The molecule has 3 heterocycles. The van der Waals surface area contributed by atoms with Gasteiger partial charge in [-0.2, -0.15) is 26.3 Å². The number of rotatable bonds is 15. The summed E-state index contributed by atoms with van der Waals surface area (Å²) < 4.78 is 122. The largest absolute Gasteiger partial charge is 0.397 e. The van der Waals surface area contributed by atoms with E-state index in [1.54, 1.807) is 39.8 Å². The summed E-state index contributed by atoms with van der Waals surface area (Å²) in [4.78, 5) is 194. The van der Waals surface area contributed by atoms with E-state index < -0.39 is 230 Å². The molecule has 3 N–H and O–H groups in total. The lowest BCUT2D eigenvalue weighted by Crippen LogP contribution is -2.68. The molecule has 1 spiro atoms. The molecule has 112 heavy (non-hydrogen) atoms. The topological polar surface area (TPSA) is 279 Å². The first kappa shape index (κ1) is 90.3. The van der Waals surface area contributed by atoms with Crippen molar-refractivity contribution in [3.63, 3.8) is 0 Å². The Morgan fingerprint density at radius 3 is 1.82 bits per heavy atom. The summed E-state index contributed by atoms with van der Waals surface area (Å²) in [5.74, 6) is -16.4. The van der Waals surface area contributed by atoms with E-state index in [4.69, 9.17) is 4.74 Å². The maximum Gasteiger partial charge on any atom is 0.397 e. The van der Waals surface area contributed by atoms with Gasteiger partial charge in [0.1, 0.15) is 72.1 Å². The Morgan fingerprint density at radius 1 is 0.625 bits per heavy atom. The van der Waals surface area contributed by atoms with Gasteiger partial charge in [0.2, 0.25) is 70.9 Å². The van der Waals surface area contributed by atoms with Crippen molar-refractivity contribution in [2.24, 2.45) is 41.4 Å². The Kier molecular flexibility index (Phi) is 31.8. The molecule has 2 unspecified atom stereocenters. The van der Waals surface area contributed by atoms with Gasteiger partial charge in [0.25, 0.3) is 0 Å². The summed E-state index contributed by atoms with van der Waals surface area (Å²) in [5.41, 5.74) is -1.69. The smallest absolute Gasteiger partial charge is 0.377 e. The standard InChI is InChI=1S/C79H122F8N12O13/c1-12-47(4)66-74(109)93(8)46-64(102)95(10)58-27-16-15-21-37-97(73(58)108)60(41-49-28-31-52(32-29-49)78(82,83)84)72(107)92(7)45-62(100)88-56(33-30-50-39-54(80)65(55(81)40-50)79(85,86)87)70(105)99-44-53(112-14-3)42-59(99)69(104)90-77(35-22-36-77)76(111)96(11)67(51-25-19-20-26-51)75(110)98(38-34-48-23-17-18-24-48)61(71(106)91(5)6)43-63(101)94(9)57(13-2)68(103)89-66/h15-16,47-61,65-67H,12-14,17-46H2,1-11H3,(H,88,100)(H,89,103)(H,90,104)/b16-15-/t47-,49?,50?,52?,53+,54?,55?,56-,57-,58-,59-,60-,61-,65?,66-,67-/m0/s1. The first-order chi connectivity index (χ1) is 52.8. The van der Waals surface area contributed by atoms with Gasteiger partial charge in [0, 0.05) is 82.0 Å². The Balaban J connectivity index is 1.22. The molecular formula is C79H122F8N12O13. The molecule has 8 rings (SSSR count). The maximum absolute atomic E-state index is 16.2. The molecule has 0 radical (unpaired) electrons. The van der Waals surface area contributed by atoms with Crippen LogP contribution in [0.15, 0.2) is 12.2 Å². The molecule has 0 aromatic carbocycles. The first-order valence-electron chi connectivity index (χ1n) is 40.8. The van der Waals surface area contributed by atoms with Crippen LogP contribution in [0.5, 0.6) is 0 Å². The lowest BCUT2D eigenvalue weighted by Gasteiger charge is -2.47. The van der Waals surface area contributed by atoms with Crippen LogP contribution < -0.4 is 16.0 Å².